The van der Waals surface area contributed by atoms with Crippen LogP contribution in [0.15, 0.2) is 48.5 Å². The minimum atomic E-state index is -0.0388. The summed E-state index contributed by atoms with van der Waals surface area (Å²) in [6.45, 7) is 5.25. The summed E-state index contributed by atoms with van der Waals surface area (Å²) in [6, 6.07) is 15.3. The van der Waals surface area contributed by atoms with Gasteiger partial charge in [0.2, 0.25) is 5.91 Å². The largest absolute Gasteiger partial charge is 0.353 e. The van der Waals surface area contributed by atoms with Gasteiger partial charge in [0, 0.05) is 42.8 Å². The van der Waals surface area contributed by atoms with Crippen LogP contribution >= 0.6 is 11.5 Å². The van der Waals surface area contributed by atoms with Crippen LogP contribution < -0.4 is 10.2 Å². The molecule has 3 aromatic rings. The number of fused-ring (bicyclic) bond motifs is 1. The third kappa shape index (κ3) is 4.05. The van der Waals surface area contributed by atoms with Gasteiger partial charge in [-0.15, -0.1) is 0 Å². The van der Waals surface area contributed by atoms with E-state index in [-0.39, 0.29) is 11.7 Å². The van der Waals surface area contributed by atoms with Crippen molar-refractivity contribution in [3.05, 3.63) is 54.1 Å². The van der Waals surface area contributed by atoms with Crippen molar-refractivity contribution in [3.8, 4) is 0 Å². The summed E-state index contributed by atoms with van der Waals surface area (Å²) >= 11 is 1.53. The Kier molecular flexibility index (Phi) is 5.36. The number of hydrogen-bond donors (Lipinski definition) is 1. The molecule has 1 amide bonds. The molecule has 2 aromatic carbocycles. The second-order valence-corrected chi connectivity index (χ2v) is 7.75. The summed E-state index contributed by atoms with van der Waals surface area (Å²) in [4.78, 5) is 28.1. The minimum Gasteiger partial charge on any atom is -0.353 e. The van der Waals surface area contributed by atoms with E-state index in [9.17, 15) is 9.59 Å². The zero-order valence-electron chi connectivity index (χ0n) is 15.7. The Morgan fingerprint density at radius 3 is 2.46 bits per heavy atom. The number of ketones is 1. The fourth-order valence-electron chi connectivity index (χ4n) is 3.41. The van der Waals surface area contributed by atoms with Gasteiger partial charge in [-0.2, -0.15) is 4.37 Å². The first kappa shape index (κ1) is 18.6. The van der Waals surface area contributed by atoms with Crippen molar-refractivity contribution >= 4 is 44.8 Å². The molecule has 0 bridgehead atoms. The average Bonchev–Trinajstić information content (AvgIpc) is 3.13. The first-order valence-electron chi connectivity index (χ1n) is 9.33. The van der Waals surface area contributed by atoms with Crippen molar-refractivity contribution in [2.45, 2.75) is 6.92 Å². The van der Waals surface area contributed by atoms with E-state index in [0.29, 0.717) is 17.8 Å². The molecule has 1 aromatic heterocycles. The number of anilines is 2. The number of nitrogens with one attached hydrogen (secondary N) is 1. The average molecular weight is 395 g/mol. The van der Waals surface area contributed by atoms with Crippen molar-refractivity contribution in [2.75, 3.05) is 42.9 Å². The lowest BCUT2D eigenvalue weighted by atomic mass is 10.1. The van der Waals surface area contributed by atoms with Crippen LogP contribution in [0, 0.1) is 0 Å². The van der Waals surface area contributed by atoms with Gasteiger partial charge in [0.05, 0.1) is 11.2 Å². The Labute approximate surface area is 167 Å². The van der Waals surface area contributed by atoms with Gasteiger partial charge in [-0.25, -0.2) is 0 Å². The van der Waals surface area contributed by atoms with Gasteiger partial charge in [-0.05, 0) is 54.9 Å². The number of benzene rings is 2. The second kappa shape index (κ2) is 8.08. The number of carbonyl (C=O) groups is 2. The molecule has 1 saturated heterocycles. The maximum Gasteiger partial charge on any atom is 0.238 e. The van der Waals surface area contributed by atoms with E-state index in [1.807, 2.05) is 12.1 Å². The van der Waals surface area contributed by atoms with Crippen molar-refractivity contribution in [3.63, 3.8) is 0 Å². The Balaban J connectivity index is 1.30. The molecule has 0 unspecified atom stereocenters. The van der Waals surface area contributed by atoms with E-state index >= 15 is 0 Å². The maximum atomic E-state index is 12.3. The molecule has 1 aliphatic rings. The van der Waals surface area contributed by atoms with E-state index < -0.39 is 0 Å². The molecule has 1 aliphatic heterocycles. The fourth-order valence-corrected chi connectivity index (χ4v) is 4.21. The lowest BCUT2D eigenvalue weighted by Gasteiger charge is -2.34. The van der Waals surface area contributed by atoms with Crippen molar-refractivity contribution in [1.82, 2.24) is 9.27 Å². The zero-order chi connectivity index (χ0) is 19.5. The smallest absolute Gasteiger partial charge is 0.238 e. The van der Waals surface area contributed by atoms with Gasteiger partial charge in [0.25, 0.3) is 0 Å². The number of amides is 1. The molecule has 28 heavy (non-hydrogen) atoms. The van der Waals surface area contributed by atoms with Crippen LogP contribution in [-0.2, 0) is 4.79 Å². The molecule has 144 valence electrons. The molecular weight excluding hydrogens is 372 g/mol. The molecule has 0 radical (unpaired) electrons. The highest BCUT2D eigenvalue weighted by molar-refractivity contribution is 7.13. The lowest BCUT2D eigenvalue weighted by molar-refractivity contribution is -0.117. The third-order valence-electron chi connectivity index (χ3n) is 4.97. The first-order valence-corrected chi connectivity index (χ1v) is 10.1. The summed E-state index contributed by atoms with van der Waals surface area (Å²) in [7, 11) is 0. The van der Waals surface area contributed by atoms with Crippen molar-refractivity contribution in [1.29, 1.82) is 0 Å². The number of carbonyl (C=O) groups excluding carboxylic acids is 2. The molecule has 1 fully saturated rings. The van der Waals surface area contributed by atoms with Crippen LogP contribution in [0.4, 0.5) is 11.5 Å². The zero-order valence-corrected chi connectivity index (χ0v) is 16.5. The van der Waals surface area contributed by atoms with Gasteiger partial charge < -0.3 is 10.2 Å². The molecule has 6 nitrogen and oxygen atoms in total. The van der Waals surface area contributed by atoms with Gasteiger partial charge in [-0.1, -0.05) is 12.1 Å². The van der Waals surface area contributed by atoms with Crippen LogP contribution in [0.1, 0.15) is 17.3 Å². The van der Waals surface area contributed by atoms with Crippen LogP contribution in [0.2, 0.25) is 0 Å². The van der Waals surface area contributed by atoms with E-state index in [1.54, 1.807) is 24.3 Å². The highest BCUT2D eigenvalue weighted by Crippen LogP contribution is 2.29. The molecule has 0 atom stereocenters. The highest BCUT2D eigenvalue weighted by atomic mass is 32.1. The molecule has 0 aliphatic carbocycles. The number of piperazine rings is 1. The predicted molar refractivity (Wildman–Crippen MR) is 113 cm³/mol. The van der Waals surface area contributed by atoms with Crippen LogP contribution in [0.3, 0.4) is 0 Å². The Morgan fingerprint density at radius 1 is 1.04 bits per heavy atom. The normalized spacial score (nSPS) is 15.0. The van der Waals surface area contributed by atoms with Gasteiger partial charge in [-0.3, -0.25) is 14.5 Å². The summed E-state index contributed by atoms with van der Waals surface area (Å²) in [6.07, 6.45) is 0. The monoisotopic (exact) mass is 394 g/mol. The standard InChI is InChI=1S/C21H22N4O2S/c1-15(26)16-6-8-17(9-7-16)22-20(27)14-24-10-12-25(13-11-24)21-18-4-2-3-5-19(18)28-23-21/h2-9H,10-14H2,1H3,(H,22,27). The van der Waals surface area contributed by atoms with Crippen LogP contribution in [-0.4, -0.2) is 53.7 Å². The minimum absolute atomic E-state index is 0.0173. The number of aromatic nitrogens is 1. The molecule has 2 heterocycles. The van der Waals surface area contributed by atoms with Gasteiger partial charge >= 0.3 is 0 Å². The molecule has 1 N–H and O–H groups in total. The van der Waals surface area contributed by atoms with Gasteiger partial charge in [0.15, 0.2) is 5.78 Å². The Hall–Kier alpha value is -2.77. The predicted octanol–water partition coefficient (Wildman–Crippen LogP) is 3.26. The third-order valence-corrected chi connectivity index (χ3v) is 5.79. The first-order chi connectivity index (χ1) is 13.6. The number of rotatable bonds is 5. The van der Waals surface area contributed by atoms with Gasteiger partial charge in [0.1, 0.15) is 5.82 Å². The fraction of sp³-hybridized carbons (Fsp3) is 0.286. The highest BCUT2D eigenvalue weighted by Gasteiger charge is 2.22. The SMILES string of the molecule is CC(=O)c1ccc(NC(=O)CN2CCN(c3nsc4ccccc34)CC2)cc1. The number of Topliss-reactive ketones (excluding diaryl/α,β-unsaturated/α-hetero) is 1. The molecule has 4 rings (SSSR count). The summed E-state index contributed by atoms with van der Waals surface area (Å²) < 4.78 is 5.83. The molecule has 7 heteroatoms. The van der Waals surface area contributed by atoms with Crippen molar-refractivity contribution in [2.24, 2.45) is 0 Å². The topological polar surface area (TPSA) is 65.5 Å². The number of hydrogen-bond acceptors (Lipinski definition) is 6. The molecule has 0 spiro atoms. The van der Waals surface area contributed by atoms with Crippen molar-refractivity contribution < 1.29 is 9.59 Å². The van der Waals surface area contributed by atoms with Crippen LogP contribution in [0.5, 0.6) is 0 Å². The van der Waals surface area contributed by atoms with E-state index in [1.165, 1.54) is 28.5 Å². The van der Waals surface area contributed by atoms with E-state index in [0.717, 1.165) is 32.0 Å². The van der Waals surface area contributed by atoms with E-state index in [2.05, 4.69) is 31.6 Å². The maximum absolute atomic E-state index is 12.3. The summed E-state index contributed by atoms with van der Waals surface area (Å²) in [5, 5.41) is 4.10. The second-order valence-electron chi connectivity index (χ2n) is 6.95. The Bertz CT molecular complexity index is 991. The molecular formula is C21H22N4O2S. The van der Waals surface area contributed by atoms with Crippen LogP contribution in [0.25, 0.3) is 10.1 Å². The lowest BCUT2D eigenvalue weighted by Crippen LogP contribution is -2.48. The molecule has 0 saturated carbocycles. The number of nitrogens with zero attached hydrogens (tertiary/aromatic N) is 3. The summed E-state index contributed by atoms with van der Waals surface area (Å²) in [5.74, 6) is 1.03. The quantitative estimate of drug-likeness (QED) is 0.673. The summed E-state index contributed by atoms with van der Waals surface area (Å²) in [5.41, 5.74) is 1.35. The van der Waals surface area contributed by atoms with E-state index in [4.69, 9.17) is 0 Å². The Morgan fingerprint density at radius 2 is 1.75 bits per heavy atom.